The molecule has 0 bridgehead atoms. The fourth-order valence-corrected chi connectivity index (χ4v) is 4.13. The molecule has 1 heterocycles. The van der Waals surface area contributed by atoms with Crippen molar-refractivity contribution in [3.63, 3.8) is 0 Å². The highest BCUT2D eigenvalue weighted by molar-refractivity contribution is 7.91. The molecule has 0 aromatic carbocycles. The first-order valence-corrected chi connectivity index (χ1v) is 8.22. The lowest BCUT2D eigenvalue weighted by atomic mass is 10.1. The van der Waals surface area contributed by atoms with E-state index in [9.17, 15) is 13.2 Å². The molecule has 0 aromatic rings. The summed E-state index contributed by atoms with van der Waals surface area (Å²) in [6.45, 7) is 4.82. The van der Waals surface area contributed by atoms with Crippen LogP contribution in [0.25, 0.3) is 0 Å². The van der Waals surface area contributed by atoms with E-state index in [0.717, 1.165) is 12.8 Å². The molecule has 0 spiro atoms. The van der Waals surface area contributed by atoms with Gasteiger partial charge >= 0.3 is 0 Å². The van der Waals surface area contributed by atoms with E-state index in [1.54, 1.807) is 0 Å². The molecule has 4 nitrogen and oxygen atoms in total. The van der Waals surface area contributed by atoms with Crippen LogP contribution in [0, 0.1) is 11.8 Å². The molecule has 0 aromatic heterocycles. The summed E-state index contributed by atoms with van der Waals surface area (Å²) in [5.41, 5.74) is 0. The van der Waals surface area contributed by atoms with E-state index in [4.69, 9.17) is 0 Å². The third-order valence-corrected chi connectivity index (χ3v) is 5.17. The maximum absolute atomic E-state index is 12.2. The van der Waals surface area contributed by atoms with Crippen molar-refractivity contribution in [2.75, 3.05) is 18.1 Å². The topological polar surface area (TPSA) is 54.5 Å². The van der Waals surface area contributed by atoms with Gasteiger partial charge in [0.15, 0.2) is 9.84 Å². The average molecular weight is 259 g/mol. The monoisotopic (exact) mass is 259 g/mol. The Morgan fingerprint density at radius 3 is 2.35 bits per heavy atom. The summed E-state index contributed by atoms with van der Waals surface area (Å²) in [7, 11) is -2.91. The molecule has 98 valence electrons. The van der Waals surface area contributed by atoms with Crippen LogP contribution in [0.15, 0.2) is 0 Å². The quantitative estimate of drug-likeness (QED) is 0.759. The van der Waals surface area contributed by atoms with E-state index >= 15 is 0 Å². The SMILES string of the molecule is CC(C)CN(C(=O)C1CC1)[C@H]1CCS(=O)(=O)C1. The lowest BCUT2D eigenvalue weighted by molar-refractivity contribution is -0.135. The minimum atomic E-state index is -2.91. The first kappa shape index (κ1) is 12.9. The average Bonchev–Trinajstić information content (AvgIpc) is 2.99. The highest BCUT2D eigenvalue weighted by Gasteiger charge is 2.40. The predicted molar refractivity (Wildman–Crippen MR) is 66.3 cm³/mol. The smallest absolute Gasteiger partial charge is 0.225 e. The summed E-state index contributed by atoms with van der Waals surface area (Å²) >= 11 is 0. The molecule has 0 unspecified atom stereocenters. The van der Waals surface area contributed by atoms with Crippen LogP contribution in [0.1, 0.15) is 33.1 Å². The van der Waals surface area contributed by atoms with Gasteiger partial charge in [-0.25, -0.2) is 8.42 Å². The third-order valence-electron chi connectivity index (χ3n) is 3.42. The molecule has 0 radical (unpaired) electrons. The zero-order chi connectivity index (χ0) is 12.6. The summed E-state index contributed by atoms with van der Waals surface area (Å²) in [4.78, 5) is 14.0. The van der Waals surface area contributed by atoms with E-state index in [2.05, 4.69) is 13.8 Å². The van der Waals surface area contributed by atoms with Gasteiger partial charge in [-0.2, -0.15) is 0 Å². The van der Waals surface area contributed by atoms with Crippen molar-refractivity contribution in [3.05, 3.63) is 0 Å². The van der Waals surface area contributed by atoms with Crippen LogP contribution in [0.2, 0.25) is 0 Å². The number of rotatable bonds is 4. The molecule has 17 heavy (non-hydrogen) atoms. The minimum absolute atomic E-state index is 0.0736. The highest BCUT2D eigenvalue weighted by Crippen LogP contribution is 2.33. The van der Waals surface area contributed by atoms with Gasteiger partial charge in [0.25, 0.3) is 0 Å². The number of hydrogen-bond acceptors (Lipinski definition) is 3. The van der Waals surface area contributed by atoms with Crippen LogP contribution in [0.3, 0.4) is 0 Å². The van der Waals surface area contributed by atoms with Crippen LogP contribution in [-0.4, -0.2) is 43.3 Å². The number of hydrogen-bond donors (Lipinski definition) is 0. The van der Waals surface area contributed by atoms with Gasteiger partial charge in [-0.3, -0.25) is 4.79 Å². The lowest BCUT2D eigenvalue weighted by Gasteiger charge is -2.30. The maximum Gasteiger partial charge on any atom is 0.225 e. The van der Waals surface area contributed by atoms with Gasteiger partial charge in [0, 0.05) is 18.5 Å². The molecule has 2 aliphatic rings. The van der Waals surface area contributed by atoms with Gasteiger partial charge < -0.3 is 4.90 Å². The fraction of sp³-hybridized carbons (Fsp3) is 0.917. The van der Waals surface area contributed by atoms with Crippen LogP contribution in [0.4, 0.5) is 0 Å². The summed E-state index contributed by atoms with van der Waals surface area (Å²) < 4.78 is 23.0. The van der Waals surface area contributed by atoms with Crippen molar-refractivity contribution in [2.45, 2.75) is 39.2 Å². The Bertz CT molecular complexity index is 398. The van der Waals surface area contributed by atoms with Gasteiger partial charge in [-0.15, -0.1) is 0 Å². The molecular formula is C12H21NO3S. The second-order valence-corrected chi connectivity index (χ2v) is 7.94. The Kier molecular flexibility index (Phi) is 3.48. The predicted octanol–water partition coefficient (Wildman–Crippen LogP) is 1.07. The number of amides is 1. The Labute approximate surface area is 103 Å². The van der Waals surface area contributed by atoms with Gasteiger partial charge in [-0.05, 0) is 25.2 Å². The van der Waals surface area contributed by atoms with Crippen molar-refractivity contribution in [3.8, 4) is 0 Å². The van der Waals surface area contributed by atoms with Crippen LogP contribution >= 0.6 is 0 Å². The number of carbonyl (C=O) groups excluding carboxylic acids is 1. The van der Waals surface area contributed by atoms with Crippen molar-refractivity contribution < 1.29 is 13.2 Å². The largest absolute Gasteiger partial charge is 0.338 e. The number of sulfone groups is 1. The van der Waals surface area contributed by atoms with E-state index in [-0.39, 0.29) is 29.4 Å². The number of nitrogens with zero attached hydrogens (tertiary/aromatic N) is 1. The molecule has 1 saturated heterocycles. The molecule has 1 amide bonds. The zero-order valence-electron chi connectivity index (χ0n) is 10.6. The standard InChI is InChI=1S/C12H21NO3S/c1-9(2)7-13(12(14)10-3-4-10)11-5-6-17(15,16)8-11/h9-11H,3-8H2,1-2H3/t11-/m0/s1. The van der Waals surface area contributed by atoms with Gasteiger partial charge in [0.2, 0.25) is 5.91 Å². The second-order valence-electron chi connectivity index (χ2n) is 5.72. The molecule has 1 saturated carbocycles. The third kappa shape index (κ3) is 3.21. The highest BCUT2D eigenvalue weighted by atomic mass is 32.2. The molecule has 1 aliphatic carbocycles. The van der Waals surface area contributed by atoms with Crippen LogP contribution in [0.5, 0.6) is 0 Å². The molecule has 5 heteroatoms. The van der Waals surface area contributed by atoms with Crippen LogP contribution in [-0.2, 0) is 14.6 Å². The Hall–Kier alpha value is -0.580. The zero-order valence-corrected chi connectivity index (χ0v) is 11.4. The second kappa shape index (κ2) is 4.59. The first-order chi connectivity index (χ1) is 7.89. The normalized spacial score (nSPS) is 27.4. The Balaban J connectivity index is 2.07. The number of carbonyl (C=O) groups is 1. The van der Waals surface area contributed by atoms with E-state index < -0.39 is 9.84 Å². The maximum atomic E-state index is 12.2. The van der Waals surface area contributed by atoms with Crippen molar-refractivity contribution in [1.29, 1.82) is 0 Å². The summed E-state index contributed by atoms with van der Waals surface area (Å²) in [6.07, 6.45) is 2.58. The molecule has 0 N–H and O–H groups in total. The van der Waals surface area contributed by atoms with Crippen molar-refractivity contribution in [1.82, 2.24) is 4.90 Å². The minimum Gasteiger partial charge on any atom is -0.338 e. The summed E-state index contributed by atoms with van der Waals surface area (Å²) in [5.74, 6) is 1.15. The molecule has 2 fully saturated rings. The lowest BCUT2D eigenvalue weighted by Crippen LogP contribution is -2.44. The van der Waals surface area contributed by atoms with E-state index in [0.29, 0.717) is 18.9 Å². The van der Waals surface area contributed by atoms with E-state index in [1.165, 1.54) is 0 Å². The summed E-state index contributed by atoms with van der Waals surface area (Å²) in [5, 5.41) is 0. The van der Waals surface area contributed by atoms with Crippen molar-refractivity contribution >= 4 is 15.7 Å². The van der Waals surface area contributed by atoms with Gasteiger partial charge in [-0.1, -0.05) is 13.8 Å². The molecular weight excluding hydrogens is 238 g/mol. The van der Waals surface area contributed by atoms with Crippen molar-refractivity contribution in [2.24, 2.45) is 11.8 Å². The van der Waals surface area contributed by atoms with Crippen LogP contribution < -0.4 is 0 Å². The van der Waals surface area contributed by atoms with E-state index in [1.807, 2.05) is 4.90 Å². The van der Waals surface area contributed by atoms with Gasteiger partial charge in [0.05, 0.1) is 11.5 Å². The molecule has 2 rings (SSSR count). The molecule has 1 atom stereocenters. The Morgan fingerprint density at radius 2 is 1.94 bits per heavy atom. The Morgan fingerprint density at radius 1 is 1.29 bits per heavy atom. The summed E-state index contributed by atoms with van der Waals surface area (Å²) in [6, 6.07) is -0.0736. The van der Waals surface area contributed by atoms with Gasteiger partial charge in [0.1, 0.15) is 0 Å². The molecule has 1 aliphatic heterocycles. The first-order valence-electron chi connectivity index (χ1n) is 6.40. The fourth-order valence-electron chi connectivity index (χ4n) is 2.40.